The van der Waals surface area contributed by atoms with Crippen molar-refractivity contribution in [2.24, 2.45) is 5.73 Å². The van der Waals surface area contributed by atoms with E-state index in [-0.39, 0.29) is 5.91 Å². The van der Waals surface area contributed by atoms with E-state index in [1.54, 1.807) is 0 Å². The normalized spacial score (nSPS) is 10.3. The number of nitrogens with two attached hydrogens (primary N) is 1. The highest BCUT2D eigenvalue weighted by Gasteiger charge is 2.05. The minimum Gasteiger partial charge on any atom is -0.492 e. The molecule has 0 unspecified atom stereocenters. The first-order chi connectivity index (χ1) is 9.52. The van der Waals surface area contributed by atoms with Gasteiger partial charge in [-0.15, -0.1) is 0 Å². The summed E-state index contributed by atoms with van der Waals surface area (Å²) >= 11 is 4.92. The van der Waals surface area contributed by atoms with E-state index in [4.69, 9.17) is 22.7 Å². The van der Waals surface area contributed by atoms with Gasteiger partial charge in [-0.2, -0.15) is 0 Å². The van der Waals surface area contributed by atoms with Crippen molar-refractivity contribution in [1.82, 2.24) is 10.2 Å². The van der Waals surface area contributed by atoms with Gasteiger partial charge < -0.3 is 15.8 Å². The number of hydrogen-bond acceptors (Lipinski definition) is 4. The number of nitrogens with zero attached hydrogens (tertiary/aromatic N) is 1. The van der Waals surface area contributed by atoms with E-state index < -0.39 is 0 Å². The van der Waals surface area contributed by atoms with Gasteiger partial charge in [0.2, 0.25) is 5.91 Å². The van der Waals surface area contributed by atoms with Crippen molar-refractivity contribution in [3.63, 3.8) is 0 Å². The van der Waals surface area contributed by atoms with Crippen molar-refractivity contribution in [3.05, 3.63) is 29.8 Å². The Kier molecular flexibility index (Phi) is 6.97. The van der Waals surface area contributed by atoms with Crippen molar-refractivity contribution in [1.29, 1.82) is 0 Å². The minimum atomic E-state index is 0.0190. The summed E-state index contributed by atoms with van der Waals surface area (Å²) < 4.78 is 5.62. The highest BCUT2D eigenvalue weighted by atomic mass is 32.1. The molecular weight excluding hydrogens is 274 g/mol. The Balaban J connectivity index is 2.35. The summed E-state index contributed by atoms with van der Waals surface area (Å²) in [5.74, 6) is 0.743. The quantitative estimate of drug-likeness (QED) is 0.693. The van der Waals surface area contributed by atoms with Gasteiger partial charge in [-0.25, -0.2) is 0 Å². The maximum atomic E-state index is 11.4. The summed E-state index contributed by atoms with van der Waals surface area (Å²) in [5.41, 5.74) is 6.35. The van der Waals surface area contributed by atoms with Gasteiger partial charge in [0.05, 0.1) is 6.54 Å². The summed E-state index contributed by atoms with van der Waals surface area (Å²) in [4.78, 5) is 13.6. The van der Waals surface area contributed by atoms with E-state index in [1.807, 2.05) is 43.1 Å². The molecule has 20 heavy (non-hydrogen) atoms. The van der Waals surface area contributed by atoms with Crippen molar-refractivity contribution >= 4 is 23.1 Å². The van der Waals surface area contributed by atoms with E-state index in [1.165, 1.54) is 0 Å². The zero-order valence-electron chi connectivity index (χ0n) is 11.9. The van der Waals surface area contributed by atoms with Crippen LogP contribution in [0.15, 0.2) is 24.3 Å². The molecule has 0 saturated heterocycles. The first kappa shape index (κ1) is 16.4. The predicted octanol–water partition coefficient (Wildman–Crippen LogP) is 0.768. The van der Waals surface area contributed by atoms with Crippen LogP contribution in [0.25, 0.3) is 0 Å². The van der Waals surface area contributed by atoms with Crippen LogP contribution in [0.5, 0.6) is 5.75 Å². The highest BCUT2D eigenvalue weighted by Crippen LogP contribution is 2.13. The number of rotatable bonds is 8. The number of ether oxygens (including phenoxy) is 1. The molecule has 0 aliphatic heterocycles. The molecule has 5 nitrogen and oxygen atoms in total. The van der Waals surface area contributed by atoms with Crippen LogP contribution in [-0.2, 0) is 4.79 Å². The molecule has 0 spiro atoms. The van der Waals surface area contributed by atoms with E-state index in [2.05, 4.69) is 5.32 Å². The topological polar surface area (TPSA) is 67.6 Å². The Bertz CT molecular complexity index is 465. The van der Waals surface area contributed by atoms with Crippen LogP contribution in [0.1, 0.15) is 12.5 Å². The second-order valence-corrected chi connectivity index (χ2v) is 4.87. The van der Waals surface area contributed by atoms with Crippen molar-refractivity contribution in [3.8, 4) is 5.75 Å². The predicted molar refractivity (Wildman–Crippen MR) is 84.0 cm³/mol. The molecule has 0 atom stereocenters. The molecule has 110 valence electrons. The van der Waals surface area contributed by atoms with Crippen molar-refractivity contribution in [2.45, 2.75) is 6.92 Å². The number of amides is 1. The maximum Gasteiger partial charge on any atom is 0.234 e. The molecule has 0 radical (unpaired) electrons. The average molecular weight is 295 g/mol. The summed E-state index contributed by atoms with van der Waals surface area (Å²) in [7, 11) is 1.88. The molecule has 1 rings (SSSR count). The Hall–Kier alpha value is -1.66. The zero-order valence-corrected chi connectivity index (χ0v) is 12.7. The van der Waals surface area contributed by atoms with Crippen LogP contribution in [0.2, 0.25) is 0 Å². The molecule has 0 heterocycles. The molecule has 0 aliphatic carbocycles. The molecule has 0 saturated carbocycles. The third-order valence-corrected chi connectivity index (χ3v) is 2.88. The van der Waals surface area contributed by atoms with Crippen molar-refractivity contribution < 1.29 is 9.53 Å². The summed E-state index contributed by atoms with van der Waals surface area (Å²) in [6.45, 7) is 4.07. The van der Waals surface area contributed by atoms with Gasteiger partial charge in [-0.1, -0.05) is 24.4 Å². The fourth-order valence-corrected chi connectivity index (χ4v) is 1.76. The Morgan fingerprint density at radius 2 is 2.25 bits per heavy atom. The lowest BCUT2D eigenvalue weighted by atomic mass is 10.2. The SMILES string of the molecule is CCNC(=O)CN(C)CCOc1cccc(C(N)=S)c1. The van der Waals surface area contributed by atoms with Crippen LogP contribution in [0, 0.1) is 0 Å². The fraction of sp³-hybridized carbons (Fsp3) is 0.429. The zero-order chi connectivity index (χ0) is 15.0. The molecule has 0 aromatic heterocycles. The lowest BCUT2D eigenvalue weighted by Crippen LogP contribution is -2.36. The van der Waals surface area contributed by atoms with Crippen LogP contribution >= 0.6 is 12.2 Å². The van der Waals surface area contributed by atoms with E-state index >= 15 is 0 Å². The first-order valence-corrected chi connectivity index (χ1v) is 6.91. The number of carbonyl (C=O) groups excluding carboxylic acids is 1. The number of hydrogen-bond donors (Lipinski definition) is 2. The molecular formula is C14H21N3O2S. The van der Waals surface area contributed by atoms with Gasteiger partial charge in [0.1, 0.15) is 17.3 Å². The lowest BCUT2D eigenvalue weighted by molar-refractivity contribution is -0.121. The second kappa shape index (κ2) is 8.50. The summed E-state index contributed by atoms with van der Waals surface area (Å²) in [6, 6.07) is 7.36. The second-order valence-electron chi connectivity index (χ2n) is 4.43. The van der Waals surface area contributed by atoms with Gasteiger partial charge in [0.15, 0.2) is 0 Å². The van der Waals surface area contributed by atoms with Crippen LogP contribution in [-0.4, -0.2) is 49.1 Å². The van der Waals surface area contributed by atoms with E-state index in [0.29, 0.717) is 31.2 Å². The summed E-state index contributed by atoms with van der Waals surface area (Å²) in [5, 5.41) is 2.75. The first-order valence-electron chi connectivity index (χ1n) is 6.50. The fourth-order valence-electron chi connectivity index (χ4n) is 1.64. The number of thiocarbonyl (C=S) groups is 1. The maximum absolute atomic E-state index is 11.4. The van der Waals surface area contributed by atoms with Gasteiger partial charge in [0.25, 0.3) is 0 Å². The van der Waals surface area contributed by atoms with Crippen molar-refractivity contribution in [2.75, 3.05) is 33.3 Å². The molecule has 0 aliphatic rings. The minimum absolute atomic E-state index is 0.0190. The smallest absolute Gasteiger partial charge is 0.234 e. The summed E-state index contributed by atoms with van der Waals surface area (Å²) in [6.07, 6.45) is 0. The number of likely N-dealkylation sites (N-methyl/N-ethyl adjacent to an activating group) is 2. The van der Waals surface area contributed by atoms with Crippen LogP contribution < -0.4 is 15.8 Å². The van der Waals surface area contributed by atoms with Crippen LogP contribution in [0.3, 0.4) is 0 Å². The Morgan fingerprint density at radius 1 is 1.50 bits per heavy atom. The average Bonchev–Trinajstić information content (AvgIpc) is 2.39. The largest absolute Gasteiger partial charge is 0.492 e. The van der Waals surface area contributed by atoms with E-state index in [9.17, 15) is 4.79 Å². The third kappa shape index (κ3) is 5.99. The number of carbonyl (C=O) groups is 1. The molecule has 6 heteroatoms. The Labute approximate surface area is 125 Å². The monoisotopic (exact) mass is 295 g/mol. The standard InChI is InChI=1S/C14H21N3O2S/c1-3-16-13(18)10-17(2)7-8-19-12-6-4-5-11(9-12)14(15)20/h4-6,9H,3,7-8,10H2,1-2H3,(H2,15,20)(H,16,18). The Morgan fingerprint density at radius 3 is 2.90 bits per heavy atom. The molecule has 0 fully saturated rings. The number of benzene rings is 1. The van der Waals surface area contributed by atoms with Gasteiger partial charge in [0, 0.05) is 18.7 Å². The third-order valence-electron chi connectivity index (χ3n) is 2.65. The van der Waals surface area contributed by atoms with Gasteiger partial charge in [-0.05, 0) is 26.1 Å². The van der Waals surface area contributed by atoms with E-state index in [0.717, 1.165) is 11.3 Å². The lowest BCUT2D eigenvalue weighted by Gasteiger charge is -2.16. The molecule has 3 N–H and O–H groups in total. The molecule has 1 amide bonds. The van der Waals surface area contributed by atoms with Crippen LogP contribution in [0.4, 0.5) is 0 Å². The van der Waals surface area contributed by atoms with Gasteiger partial charge in [-0.3, -0.25) is 9.69 Å². The van der Waals surface area contributed by atoms with Gasteiger partial charge >= 0.3 is 0 Å². The molecule has 1 aromatic carbocycles. The number of nitrogens with one attached hydrogen (secondary N) is 1. The highest BCUT2D eigenvalue weighted by molar-refractivity contribution is 7.80. The molecule has 1 aromatic rings. The molecule has 0 bridgehead atoms.